The molecule has 2 aliphatic heterocycles. The van der Waals surface area contributed by atoms with Crippen molar-refractivity contribution in [3.05, 3.63) is 79.6 Å². The Hall–Kier alpha value is -3.57. The highest BCUT2D eigenvalue weighted by Gasteiger charge is 2.44. The number of aromatic nitrogens is 6. The molecule has 16 nitrogen and oxygen atoms in total. The fraction of sp³-hybridized carbons (Fsp3) is 0.444. The largest absolute Gasteiger partial charge is 0.394 e. The van der Waals surface area contributed by atoms with Gasteiger partial charge in [0, 0.05) is 23.1 Å². The zero-order chi connectivity index (χ0) is 31.9. The zero-order valence-electron chi connectivity index (χ0n) is 24.3. The third-order valence-electron chi connectivity index (χ3n) is 7.74. The van der Waals surface area contributed by atoms with E-state index in [1.165, 1.54) is 21.7 Å². The first-order valence-electron chi connectivity index (χ1n) is 14.2. The number of aromatic amines is 2. The van der Waals surface area contributed by atoms with Crippen LogP contribution >= 0.6 is 18.2 Å². The van der Waals surface area contributed by atoms with E-state index in [0.717, 1.165) is 11.4 Å². The molecule has 2 saturated heterocycles. The molecule has 1 unspecified atom stereocenters. The third kappa shape index (κ3) is 6.56. The lowest BCUT2D eigenvalue weighted by Gasteiger charge is -2.25. The van der Waals surface area contributed by atoms with Crippen LogP contribution in [-0.2, 0) is 23.1 Å². The number of aryl methyl sites for hydroxylation is 1. The van der Waals surface area contributed by atoms with Crippen LogP contribution in [-0.4, -0.2) is 65.7 Å². The Morgan fingerprint density at radius 1 is 1.09 bits per heavy atom. The van der Waals surface area contributed by atoms with Crippen molar-refractivity contribution in [1.29, 1.82) is 0 Å². The van der Waals surface area contributed by atoms with E-state index in [4.69, 9.17) is 24.3 Å². The SMILES string of the molecule is Cc1cn([C@H]2C[C@@H](C)[C@@H](COP(=O)(O[C@@H]3C[C@H](n4cnc5c(=O)[nH]c(N)nc54)O[C@@H]3CO)Sc3ccccc3)O2)c(=O)[nH]c1=O. The number of nitrogens with two attached hydrogens (primary N) is 1. The van der Waals surface area contributed by atoms with Crippen molar-refractivity contribution in [1.82, 2.24) is 29.1 Å². The Morgan fingerprint density at radius 3 is 2.58 bits per heavy atom. The molecule has 0 bridgehead atoms. The highest BCUT2D eigenvalue weighted by atomic mass is 32.7. The molecule has 2 aliphatic rings. The summed E-state index contributed by atoms with van der Waals surface area (Å²) in [6, 6.07) is 8.94. The van der Waals surface area contributed by atoms with Gasteiger partial charge in [-0.25, -0.2) is 14.3 Å². The van der Waals surface area contributed by atoms with Crippen LogP contribution in [0.2, 0.25) is 0 Å². The molecule has 240 valence electrons. The Labute approximate surface area is 259 Å². The molecule has 45 heavy (non-hydrogen) atoms. The van der Waals surface area contributed by atoms with E-state index >= 15 is 0 Å². The van der Waals surface area contributed by atoms with Gasteiger partial charge in [-0.3, -0.25) is 37.7 Å². The fourth-order valence-corrected chi connectivity index (χ4v) is 8.88. The van der Waals surface area contributed by atoms with Gasteiger partial charge in [-0.1, -0.05) is 25.1 Å². The highest BCUT2D eigenvalue weighted by molar-refractivity contribution is 8.55. The van der Waals surface area contributed by atoms with Gasteiger partial charge in [-0.05, 0) is 42.8 Å². The van der Waals surface area contributed by atoms with Crippen molar-refractivity contribution in [2.24, 2.45) is 5.92 Å². The average Bonchev–Trinajstić information content (AvgIpc) is 3.71. The van der Waals surface area contributed by atoms with E-state index in [1.54, 1.807) is 31.2 Å². The maximum atomic E-state index is 14.4. The predicted octanol–water partition coefficient (Wildman–Crippen LogP) is 2.07. The summed E-state index contributed by atoms with van der Waals surface area (Å²) in [6.07, 6.45) is -0.306. The van der Waals surface area contributed by atoms with Gasteiger partial charge in [0.25, 0.3) is 11.1 Å². The summed E-state index contributed by atoms with van der Waals surface area (Å²) >= 11 is 0.913. The summed E-state index contributed by atoms with van der Waals surface area (Å²) < 4.78 is 41.6. The molecule has 4 aromatic rings. The number of imidazole rings is 1. The number of rotatable bonds is 10. The summed E-state index contributed by atoms with van der Waals surface area (Å²) in [4.78, 5) is 50.1. The first kappa shape index (κ1) is 31.4. The molecule has 5 heterocycles. The molecule has 0 amide bonds. The van der Waals surface area contributed by atoms with Crippen molar-refractivity contribution in [3.8, 4) is 0 Å². The number of aliphatic hydroxyl groups excluding tert-OH is 1. The minimum atomic E-state index is -3.99. The molecule has 7 atom stereocenters. The lowest BCUT2D eigenvalue weighted by molar-refractivity contribution is -0.0444. The molecule has 18 heteroatoms. The Balaban J connectivity index is 1.21. The van der Waals surface area contributed by atoms with Crippen LogP contribution in [0.15, 0.2) is 62.1 Å². The molecule has 0 radical (unpaired) electrons. The van der Waals surface area contributed by atoms with E-state index < -0.39 is 61.0 Å². The summed E-state index contributed by atoms with van der Waals surface area (Å²) in [5.41, 5.74) is 4.80. The van der Waals surface area contributed by atoms with Crippen LogP contribution in [0, 0.1) is 12.8 Å². The first-order chi connectivity index (χ1) is 21.5. The van der Waals surface area contributed by atoms with E-state index in [1.807, 2.05) is 13.0 Å². The van der Waals surface area contributed by atoms with Gasteiger partial charge in [0.2, 0.25) is 5.95 Å². The number of anilines is 1. The quantitative estimate of drug-likeness (QED) is 0.179. The van der Waals surface area contributed by atoms with E-state index in [2.05, 4.69) is 19.9 Å². The number of hydrogen-bond donors (Lipinski definition) is 4. The van der Waals surface area contributed by atoms with Crippen LogP contribution in [0.1, 0.15) is 37.8 Å². The lowest BCUT2D eigenvalue weighted by atomic mass is 10.0. The molecule has 5 N–H and O–H groups in total. The molecule has 2 fully saturated rings. The minimum absolute atomic E-state index is 0.0645. The topological polar surface area (TPSA) is 219 Å². The number of aliphatic hydroxyl groups is 1. The molecular weight excluding hydrogens is 629 g/mol. The average molecular weight is 662 g/mol. The maximum Gasteiger partial charge on any atom is 0.394 e. The fourth-order valence-electron chi connectivity index (χ4n) is 5.36. The number of benzene rings is 1. The molecular formula is C27H32N7O9PS. The van der Waals surface area contributed by atoms with Crippen LogP contribution in [0.25, 0.3) is 11.2 Å². The highest BCUT2D eigenvalue weighted by Crippen LogP contribution is 2.65. The van der Waals surface area contributed by atoms with Gasteiger partial charge in [0.15, 0.2) is 11.2 Å². The minimum Gasteiger partial charge on any atom is -0.394 e. The van der Waals surface area contributed by atoms with Crippen LogP contribution in [0.4, 0.5) is 5.95 Å². The molecule has 0 aliphatic carbocycles. The van der Waals surface area contributed by atoms with Crippen molar-refractivity contribution in [2.75, 3.05) is 18.9 Å². The zero-order valence-corrected chi connectivity index (χ0v) is 26.0. The van der Waals surface area contributed by atoms with Crippen LogP contribution in [0.5, 0.6) is 0 Å². The van der Waals surface area contributed by atoms with Crippen LogP contribution < -0.4 is 22.5 Å². The standard InChI is InChI=1S/C27H32N7O9PS/c1-14-8-20(33-10-15(2)24(36)32-27(33)38)42-19(14)12-40-44(39,45-16-6-4-3-5-7-16)43-17-9-21(41-18(17)11-35)34-13-29-22-23(34)30-26(28)31-25(22)37/h3-7,10,13-14,17-21,35H,8-9,11-12H2,1-2H3,(H,32,36,38)(H3,28,30,31,37)/t14-,17-,18-,19-,20-,21-,44?/m1/s1. The summed E-state index contributed by atoms with van der Waals surface area (Å²) in [6.45, 7) is -1.04. The van der Waals surface area contributed by atoms with Gasteiger partial charge in [0.1, 0.15) is 24.7 Å². The Kier molecular flexibility index (Phi) is 8.85. The Bertz CT molecular complexity index is 1910. The molecule has 1 aromatic carbocycles. The van der Waals surface area contributed by atoms with Crippen molar-refractivity contribution < 1.29 is 28.2 Å². The summed E-state index contributed by atoms with van der Waals surface area (Å²) in [5.74, 6) is -0.187. The number of hydrogen-bond acceptors (Lipinski definition) is 13. The number of nitrogens with zero attached hydrogens (tertiary/aromatic N) is 4. The Morgan fingerprint density at radius 2 is 1.82 bits per heavy atom. The third-order valence-corrected chi connectivity index (χ3v) is 11.3. The first-order valence-corrected chi connectivity index (χ1v) is 17.1. The predicted molar refractivity (Wildman–Crippen MR) is 163 cm³/mol. The molecule has 0 saturated carbocycles. The van der Waals surface area contributed by atoms with Gasteiger partial charge in [-0.15, -0.1) is 0 Å². The summed E-state index contributed by atoms with van der Waals surface area (Å²) in [5, 5.41) is 10.1. The molecule has 0 spiro atoms. The molecule has 6 rings (SSSR count). The number of nitrogens with one attached hydrogen (secondary N) is 2. The second-order valence-corrected chi connectivity index (χ2v) is 14.8. The van der Waals surface area contributed by atoms with E-state index in [9.17, 15) is 24.1 Å². The second-order valence-electron chi connectivity index (χ2n) is 10.9. The van der Waals surface area contributed by atoms with Gasteiger partial charge in [0.05, 0.1) is 25.6 Å². The number of ether oxygens (including phenoxy) is 2. The van der Waals surface area contributed by atoms with Crippen molar-refractivity contribution in [3.63, 3.8) is 0 Å². The number of nitrogen functional groups attached to an aromatic ring is 1. The monoisotopic (exact) mass is 661 g/mol. The van der Waals surface area contributed by atoms with Crippen molar-refractivity contribution in [2.45, 2.75) is 62.4 Å². The molecule has 3 aromatic heterocycles. The summed E-state index contributed by atoms with van der Waals surface area (Å²) in [7, 11) is 0. The normalized spacial score (nSPS) is 26.4. The van der Waals surface area contributed by atoms with E-state index in [0.29, 0.717) is 16.9 Å². The van der Waals surface area contributed by atoms with Gasteiger partial charge < -0.3 is 20.3 Å². The smallest absolute Gasteiger partial charge is 0.394 e. The number of fused-ring (bicyclic) bond motifs is 1. The number of H-pyrrole nitrogens is 2. The van der Waals surface area contributed by atoms with Gasteiger partial charge >= 0.3 is 12.5 Å². The lowest BCUT2D eigenvalue weighted by Crippen LogP contribution is -2.33. The second kappa shape index (κ2) is 12.7. The van der Waals surface area contributed by atoms with Crippen molar-refractivity contribution >= 4 is 35.3 Å². The van der Waals surface area contributed by atoms with Gasteiger partial charge in [-0.2, -0.15) is 4.98 Å². The van der Waals surface area contributed by atoms with Crippen LogP contribution in [0.3, 0.4) is 0 Å². The van der Waals surface area contributed by atoms with E-state index in [-0.39, 0.29) is 36.1 Å². The maximum absolute atomic E-state index is 14.4.